The number of rotatable bonds is 6. The van der Waals surface area contributed by atoms with Crippen LogP contribution in [0.15, 0.2) is 16.0 Å². The second-order valence-corrected chi connectivity index (χ2v) is 7.28. The van der Waals surface area contributed by atoms with E-state index in [1.165, 1.54) is 0 Å². The maximum absolute atomic E-state index is 12.0. The Balaban J connectivity index is 1.84. The highest BCUT2D eigenvalue weighted by atomic mass is 32.2. The van der Waals surface area contributed by atoms with E-state index in [4.69, 9.17) is 4.52 Å². The van der Waals surface area contributed by atoms with Gasteiger partial charge in [-0.3, -0.25) is 9.00 Å². The maximum atomic E-state index is 12.0. The van der Waals surface area contributed by atoms with Gasteiger partial charge in [0.15, 0.2) is 5.82 Å². The SMILES string of the molecule is Cc1cc(NC(=O)C[S@](=O)Cc2csc(C(C)C)n2)no1. The molecule has 1 amide bonds. The Hall–Kier alpha value is -1.54. The fourth-order valence-electron chi connectivity index (χ4n) is 1.62. The molecule has 0 unspecified atom stereocenters. The van der Waals surface area contributed by atoms with Crippen LogP contribution in [0.2, 0.25) is 0 Å². The Kier molecular flexibility index (Phi) is 5.24. The third-order valence-electron chi connectivity index (χ3n) is 2.56. The average Bonchev–Trinajstić information content (AvgIpc) is 2.98. The number of carbonyl (C=O) groups excluding carboxylic acids is 1. The Morgan fingerprint density at radius 1 is 1.52 bits per heavy atom. The molecule has 2 rings (SSSR count). The fraction of sp³-hybridized carbons (Fsp3) is 0.462. The first-order chi connectivity index (χ1) is 9.94. The normalized spacial score (nSPS) is 12.6. The molecule has 0 aliphatic carbocycles. The van der Waals surface area contributed by atoms with Crippen LogP contribution in [0.25, 0.3) is 0 Å². The van der Waals surface area contributed by atoms with Gasteiger partial charge in [0.1, 0.15) is 11.5 Å². The van der Waals surface area contributed by atoms with Crippen LogP contribution in [0.3, 0.4) is 0 Å². The van der Waals surface area contributed by atoms with E-state index >= 15 is 0 Å². The lowest BCUT2D eigenvalue weighted by Gasteiger charge is -2.01. The number of thiazole rings is 1. The van der Waals surface area contributed by atoms with Crippen molar-refractivity contribution in [3.05, 3.63) is 27.9 Å². The summed E-state index contributed by atoms with van der Waals surface area (Å²) in [5.74, 6) is 1.16. The van der Waals surface area contributed by atoms with E-state index in [2.05, 4.69) is 29.3 Å². The summed E-state index contributed by atoms with van der Waals surface area (Å²) in [4.78, 5) is 16.1. The van der Waals surface area contributed by atoms with Crippen LogP contribution in [0.1, 0.15) is 36.2 Å². The first-order valence-corrected chi connectivity index (χ1v) is 8.83. The van der Waals surface area contributed by atoms with Crippen molar-refractivity contribution in [1.82, 2.24) is 10.1 Å². The molecule has 2 heterocycles. The van der Waals surface area contributed by atoms with Crippen LogP contribution in [0.5, 0.6) is 0 Å². The Labute approximate surface area is 129 Å². The fourth-order valence-corrected chi connectivity index (χ4v) is 3.51. The summed E-state index contributed by atoms with van der Waals surface area (Å²) < 4.78 is 16.8. The number of anilines is 1. The molecule has 1 atom stereocenters. The highest BCUT2D eigenvalue weighted by Crippen LogP contribution is 2.19. The van der Waals surface area contributed by atoms with Gasteiger partial charge in [-0.25, -0.2) is 4.98 Å². The Morgan fingerprint density at radius 3 is 2.86 bits per heavy atom. The lowest BCUT2D eigenvalue weighted by Crippen LogP contribution is -2.20. The van der Waals surface area contributed by atoms with Gasteiger partial charge in [-0.1, -0.05) is 19.0 Å². The summed E-state index contributed by atoms with van der Waals surface area (Å²) in [6.45, 7) is 5.86. The zero-order valence-electron chi connectivity index (χ0n) is 12.1. The van der Waals surface area contributed by atoms with E-state index in [9.17, 15) is 9.00 Å². The molecule has 0 radical (unpaired) electrons. The molecule has 0 aromatic carbocycles. The van der Waals surface area contributed by atoms with Gasteiger partial charge < -0.3 is 9.84 Å². The van der Waals surface area contributed by atoms with Crippen LogP contribution in [-0.2, 0) is 21.3 Å². The Morgan fingerprint density at radius 2 is 2.29 bits per heavy atom. The van der Waals surface area contributed by atoms with Gasteiger partial charge in [0.05, 0.1) is 16.5 Å². The second kappa shape index (κ2) is 6.95. The predicted octanol–water partition coefficient (Wildman–Crippen LogP) is 2.45. The zero-order chi connectivity index (χ0) is 15.4. The highest BCUT2D eigenvalue weighted by Gasteiger charge is 2.13. The molecule has 8 heteroatoms. The average molecular weight is 327 g/mol. The summed E-state index contributed by atoms with van der Waals surface area (Å²) >= 11 is 1.56. The van der Waals surface area contributed by atoms with Crippen molar-refractivity contribution in [3.63, 3.8) is 0 Å². The molecule has 0 aliphatic heterocycles. The number of hydrogen-bond acceptors (Lipinski definition) is 6. The van der Waals surface area contributed by atoms with E-state index in [0.29, 0.717) is 17.5 Å². The number of aryl methyl sites for hydroxylation is 1. The predicted molar refractivity (Wildman–Crippen MR) is 82.8 cm³/mol. The summed E-state index contributed by atoms with van der Waals surface area (Å²) in [5, 5.41) is 9.11. The van der Waals surface area contributed by atoms with Crippen molar-refractivity contribution in [2.24, 2.45) is 0 Å². The quantitative estimate of drug-likeness (QED) is 0.881. The number of hydrogen-bond donors (Lipinski definition) is 1. The molecule has 2 aromatic rings. The van der Waals surface area contributed by atoms with Crippen molar-refractivity contribution in [2.75, 3.05) is 11.1 Å². The lowest BCUT2D eigenvalue weighted by molar-refractivity contribution is -0.113. The zero-order valence-corrected chi connectivity index (χ0v) is 13.7. The van der Waals surface area contributed by atoms with Crippen LogP contribution in [0.4, 0.5) is 5.82 Å². The van der Waals surface area contributed by atoms with E-state index in [-0.39, 0.29) is 17.4 Å². The summed E-state index contributed by atoms with van der Waals surface area (Å²) in [7, 11) is -1.29. The van der Waals surface area contributed by atoms with Gasteiger partial charge in [-0.05, 0) is 6.92 Å². The lowest BCUT2D eigenvalue weighted by atomic mass is 10.2. The van der Waals surface area contributed by atoms with E-state index in [1.807, 2.05) is 5.38 Å². The minimum atomic E-state index is -1.29. The third-order valence-corrected chi connectivity index (χ3v) is 4.96. The molecular weight excluding hydrogens is 310 g/mol. The van der Waals surface area contributed by atoms with Crippen molar-refractivity contribution in [3.8, 4) is 0 Å². The molecule has 0 fully saturated rings. The van der Waals surface area contributed by atoms with Gasteiger partial charge in [0.25, 0.3) is 0 Å². The molecule has 0 saturated heterocycles. The largest absolute Gasteiger partial charge is 0.360 e. The highest BCUT2D eigenvalue weighted by molar-refractivity contribution is 7.84. The molecule has 114 valence electrons. The van der Waals surface area contributed by atoms with Crippen molar-refractivity contribution in [2.45, 2.75) is 32.4 Å². The molecule has 6 nitrogen and oxygen atoms in total. The van der Waals surface area contributed by atoms with Crippen LogP contribution in [-0.4, -0.2) is 26.0 Å². The van der Waals surface area contributed by atoms with Gasteiger partial charge in [0.2, 0.25) is 5.91 Å². The molecule has 0 saturated carbocycles. The maximum Gasteiger partial charge on any atom is 0.238 e. The molecule has 21 heavy (non-hydrogen) atoms. The standard InChI is InChI=1S/C13H17N3O3S2/c1-8(2)13-14-10(5-20-13)6-21(18)7-12(17)15-11-4-9(3)19-16-11/h4-5,8H,6-7H2,1-3H3,(H,15,16,17)/t21-/m1/s1. The number of aromatic nitrogens is 2. The first kappa shape index (κ1) is 15.8. The van der Waals surface area contributed by atoms with E-state index < -0.39 is 10.8 Å². The molecule has 1 N–H and O–H groups in total. The van der Waals surface area contributed by atoms with E-state index in [1.54, 1.807) is 24.3 Å². The topological polar surface area (TPSA) is 85.1 Å². The van der Waals surface area contributed by atoms with Crippen LogP contribution < -0.4 is 5.32 Å². The first-order valence-electron chi connectivity index (χ1n) is 6.46. The summed E-state index contributed by atoms with van der Waals surface area (Å²) in [6, 6.07) is 1.61. The van der Waals surface area contributed by atoms with Crippen molar-refractivity contribution in [1.29, 1.82) is 0 Å². The van der Waals surface area contributed by atoms with Gasteiger partial charge in [0, 0.05) is 28.2 Å². The molecule has 0 bridgehead atoms. The molecule has 0 spiro atoms. The smallest absolute Gasteiger partial charge is 0.238 e. The third kappa shape index (κ3) is 4.75. The summed E-state index contributed by atoms with van der Waals surface area (Å²) in [6.07, 6.45) is 0. The molecule has 0 aliphatic rings. The minimum Gasteiger partial charge on any atom is -0.360 e. The van der Waals surface area contributed by atoms with Crippen LogP contribution in [0, 0.1) is 6.92 Å². The van der Waals surface area contributed by atoms with Gasteiger partial charge in [-0.2, -0.15) is 0 Å². The van der Waals surface area contributed by atoms with Gasteiger partial charge >= 0.3 is 0 Å². The molecular formula is C13H17N3O3S2. The molecule has 2 aromatic heterocycles. The number of nitrogens with one attached hydrogen (secondary N) is 1. The van der Waals surface area contributed by atoms with Crippen molar-refractivity contribution < 1.29 is 13.5 Å². The van der Waals surface area contributed by atoms with Crippen LogP contribution >= 0.6 is 11.3 Å². The van der Waals surface area contributed by atoms with E-state index in [0.717, 1.165) is 10.7 Å². The second-order valence-electron chi connectivity index (χ2n) is 4.93. The van der Waals surface area contributed by atoms with Gasteiger partial charge in [-0.15, -0.1) is 11.3 Å². The van der Waals surface area contributed by atoms with Crippen molar-refractivity contribution >= 4 is 33.9 Å². The minimum absolute atomic E-state index is 0.0829. The monoisotopic (exact) mass is 327 g/mol. The summed E-state index contributed by atoms with van der Waals surface area (Å²) in [5.41, 5.74) is 0.770. The Bertz CT molecular complexity index is 649. The number of carbonyl (C=O) groups is 1. The number of amides is 1. The number of nitrogens with zero attached hydrogens (tertiary/aromatic N) is 2.